The molecule has 7 nitrogen and oxygen atoms in total. The summed E-state index contributed by atoms with van der Waals surface area (Å²) in [7, 11) is 0. The molecule has 0 aliphatic carbocycles. The number of piperazine rings is 1. The van der Waals surface area contributed by atoms with E-state index < -0.39 is 0 Å². The van der Waals surface area contributed by atoms with Crippen molar-refractivity contribution in [2.75, 3.05) is 45.8 Å². The van der Waals surface area contributed by atoms with Gasteiger partial charge < -0.3 is 10.2 Å². The van der Waals surface area contributed by atoms with Gasteiger partial charge in [0.2, 0.25) is 0 Å². The first-order valence-corrected chi connectivity index (χ1v) is 8.90. The van der Waals surface area contributed by atoms with E-state index in [9.17, 15) is 14.4 Å². The maximum Gasteiger partial charge on any atom is 0.317 e. The van der Waals surface area contributed by atoms with Crippen molar-refractivity contribution in [3.8, 4) is 0 Å². The zero-order valence-corrected chi connectivity index (χ0v) is 14.5. The van der Waals surface area contributed by atoms with Gasteiger partial charge in [0.25, 0.3) is 11.8 Å². The van der Waals surface area contributed by atoms with Gasteiger partial charge >= 0.3 is 6.03 Å². The van der Waals surface area contributed by atoms with E-state index in [1.807, 2.05) is 4.90 Å². The van der Waals surface area contributed by atoms with Crippen molar-refractivity contribution >= 4 is 17.8 Å². The summed E-state index contributed by atoms with van der Waals surface area (Å²) in [6, 6.07) is 0.0141. The number of nitrogens with zero attached hydrogens (tertiary/aromatic N) is 3. The first-order chi connectivity index (χ1) is 11.6. The number of hydrogen-bond donors (Lipinski definition) is 1. The molecule has 2 rings (SSSR count). The fourth-order valence-electron chi connectivity index (χ4n) is 2.93. The molecule has 134 valence electrons. The standard InChI is InChI=1S/C17H28N4O3/c1-2-3-4-5-8-18-17(24)20-12-9-19(10-13-20)11-14-21-15(22)6-7-16(21)23/h6-7H,2-5,8-14H2,1H3,(H,18,24). The Hall–Kier alpha value is -1.89. The number of carbonyl (C=O) groups is 3. The first kappa shape index (κ1) is 18.4. The molecule has 1 saturated heterocycles. The Labute approximate surface area is 143 Å². The van der Waals surface area contributed by atoms with Crippen LogP contribution in [0.25, 0.3) is 0 Å². The highest BCUT2D eigenvalue weighted by Crippen LogP contribution is 2.06. The van der Waals surface area contributed by atoms with Gasteiger partial charge in [0.1, 0.15) is 0 Å². The van der Waals surface area contributed by atoms with Crippen molar-refractivity contribution in [3.63, 3.8) is 0 Å². The fraction of sp³-hybridized carbons (Fsp3) is 0.706. The minimum absolute atomic E-state index is 0.0141. The zero-order chi connectivity index (χ0) is 17.4. The second-order valence-corrected chi connectivity index (χ2v) is 6.28. The molecule has 0 aromatic carbocycles. The number of urea groups is 1. The predicted octanol–water partition coefficient (Wildman–Crippen LogP) is 0.819. The van der Waals surface area contributed by atoms with Crippen molar-refractivity contribution in [2.24, 2.45) is 0 Å². The summed E-state index contributed by atoms with van der Waals surface area (Å²) < 4.78 is 0. The molecule has 0 radical (unpaired) electrons. The second-order valence-electron chi connectivity index (χ2n) is 6.28. The van der Waals surface area contributed by atoms with E-state index in [0.29, 0.717) is 26.2 Å². The van der Waals surface area contributed by atoms with Gasteiger partial charge in [0.05, 0.1) is 0 Å². The van der Waals surface area contributed by atoms with Crippen LogP contribution in [0, 0.1) is 0 Å². The van der Waals surface area contributed by atoms with E-state index in [1.54, 1.807) is 0 Å². The molecule has 0 bridgehead atoms. The topological polar surface area (TPSA) is 73.0 Å². The van der Waals surface area contributed by atoms with Gasteiger partial charge in [0.15, 0.2) is 0 Å². The minimum Gasteiger partial charge on any atom is -0.338 e. The number of nitrogens with one attached hydrogen (secondary N) is 1. The second kappa shape index (κ2) is 9.42. The lowest BCUT2D eigenvalue weighted by atomic mass is 10.2. The Bertz CT molecular complexity index is 466. The number of imide groups is 1. The normalized spacial score (nSPS) is 18.5. The van der Waals surface area contributed by atoms with Gasteiger partial charge in [-0.25, -0.2) is 4.79 Å². The van der Waals surface area contributed by atoms with E-state index >= 15 is 0 Å². The van der Waals surface area contributed by atoms with Crippen LogP contribution in [0.1, 0.15) is 32.6 Å². The Kier molecular flexibility index (Phi) is 7.24. The van der Waals surface area contributed by atoms with E-state index in [1.165, 1.54) is 29.9 Å². The lowest BCUT2D eigenvalue weighted by molar-refractivity contribution is -0.137. The molecule has 0 spiro atoms. The van der Waals surface area contributed by atoms with E-state index in [-0.39, 0.29) is 17.8 Å². The average Bonchev–Trinajstić information content (AvgIpc) is 2.91. The predicted molar refractivity (Wildman–Crippen MR) is 91.4 cm³/mol. The maximum absolute atomic E-state index is 12.1. The van der Waals surface area contributed by atoms with Gasteiger partial charge in [-0.15, -0.1) is 0 Å². The summed E-state index contributed by atoms with van der Waals surface area (Å²) in [6.07, 6.45) is 7.22. The number of amides is 4. The summed E-state index contributed by atoms with van der Waals surface area (Å²) in [5.74, 6) is -0.470. The third-order valence-corrected chi connectivity index (χ3v) is 4.51. The summed E-state index contributed by atoms with van der Waals surface area (Å²) in [4.78, 5) is 40.4. The Balaban J connectivity index is 1.60. The molecule has 4 amide bonds. The van der Waals surface area contributed by atoms with Gasteiger partial charge in [-0.1, -0.05) is 26.2 Å². The highest BCUT2D eigenvalue weighted by molar-refractivity contribution is 6.12. The monoisotopic (exact) mass is 336 g/mol. The van der Waals surface area contributed by atoms with Crippen molar-refractivity contribution < 1.29 is 14.4 Å². The molecule has 0 atom stereocenters. The summed E-state index contributed by atoms with van der Waals surface area (Å²) in [6.45, 7) is 6.89. The SMILES string of the molecule is CCCCCCNC(=O)N1CCN(CCN2C(=O)C=CC2=O)CC1. The van der Waals surface area contributed by atoms with Crippen LogP contribution in [0.2, 0.25) is 0 Å². The third-order valence-electron chi connectivity index (χ3n) is 4.51. The Morgan fingerprint density at radius 3 is 2.29 bits per heavy atom. The van der Waals surface area contributed by atoms with Crippen LogP contribution >= 0.6 is 0 Å². The number of hydrogen-bond acceptors (Lipinski definition) is 4. The van der Waals surface area contributed by atoms with Crippen molar-refractivity contribution in [3.05, 3.63) is 12.2 Å². The van der Waals surface area contributed by atoms with E-state index in [4.69, 9.17) is 0 Å². The lowest BCUT2D eigenvalue weighted by Crippen LogP contribution is -2.53. The molecule has 2 heterocycles. The number of unbranched alkanes of at least 4 members (excludes halogenated alkanes) is 3. The van der Waals surface area contributed by atoms with E-state index in [0.717, 1.165) is 32.5 Å². The van der Waals surface area contributed by atoms with Gasteiger partial charge in [-0.3, -0.25) is 19.4 Å². The molecule has 1 N–H and O–H groups in total. The largest absolute Gasteiger partial charge is 0.338 e. The van der Waals surface area contributed by atoms with Crippen molar-refractivity contribution in [1.82, 2.24) is 20.0 Å². The summed E-state index contributed by atoms with van der Waals surface area (Å²) in [5.41, 5.74) is 0. The smallest absolute Gasteiger partial charge is 0.317 e. The molecule has 0 unspecified atom stereocenters. The Morgan fingerprint density at radius 1 is 1.00 bits per heavy atom. The third kappa shape index (κ3) is 5.33. The zero-order valence-electron chi connectivity index (χ0n) is 14.5. The molecule has 1 fully saturated rings. The average molecular weight is 336 g/mol. The number of carbonyl (C=O) groups excluding carboxylic acids is 3. The Morgan fingerprint density at radius 2 is 1.67 bits per heavy atom. The molecule has 2 aliphatic heterocycles. The molecule has 2 aliphatic rings. The first-order valence-electron chi connectivity index (χ1n) is 8.90. The summed E-state index contributed by atoms with van der Waals surface area (Å²) >= 11 is 0. The lowest BCUT2D eigenvalue weighted by Gasteiger charge is -2.35. The quantitative estimate of drug-likeness (QED) is 0.526. The fourth-order valence-corrected chi connectivity index (χ4v) is 2.93. The van der Waals surface area contributed by atoms with E-state index in [2.05, 4.69) is 17.1 Å². The van der Waals surface area contributed by atoms with Crippen LogP contribution in [-0.2, 0) is 9.59 Å². The molecule has 0 aromatic rings. The number of rotatable bonds is 8. The van der Waals surface area contributed by atoms with Crippen LogP contribution < -0.4 is 5.32 Å². The van der Waals surface area contributed by atoms with Gasteiger partial charge in [0, 0.05) is 58.0 Å². The van der Waals surface area contributed by atoms with Crippen LogP contribution in [0.3, 0.4) is 0 Å². The van der Waals surface area contributed by atoms with Crippen LogP contribution in [0.15, 0.2) is 12.2 Å². The van der Waals surface area contributed by atoms with Crippen LogP contribution in [0.5, 0.6) is 0 Å². The minimum atomic E-state index is -0.235. The molecule has 7 heteroatoms. The maximum atomic E-state index is 12.1. The van der Waals surface area contributed by atoms with Crippen molar-refractivity contribution in [2.45, 2.75) is 32.6 Å². The van der Waals surface area contributed by atoms with Crippen molar-refractivity contribution in [1.29, 1.82) is 0 Å². The highest BCUT2D eigenvalue weighted by Gasteiger charge is 2.25. The van der Waals surface area contributed by atoms with Gasteiger partial charge in [-0.05, 0) is 6.42 Å². The molecular weight excluding hydrogens is 308 g/mol. The van der Waals surface area contributed by atoms with Crippen LogP contribution in [-0.4, -0.2) is 78.4 Å². The molecular formula is C17H28N4O3. The van der Waals surface area contributed by atoms with Gasteiger partial charge in [-0.2, -0.15) is 0 Å². The summed E-state index contributed by atoms with van der Waals surface area (Å²) in [5, 5.41) is 2.98. The molecule has 24 heavy (non-hydrogen) atoms. The molecule has 0 aromatic heterocycles. The highest BCUT2D eigenvalue weighted by atomic mass is 16.2. The molecule has 0 saturated carbocycles. The van der Waals surface area contributed by atoms with Crippen LogP contribution in [0.4, 0.5) is 4.79 Å².